The first-order valence-electron chi connectivity index (χ1n) is 4.91. The summed E-state index contributed by atoms with van der Waals surface area (Å²) in [5.41, 5.74) is 0.131. The van der Waals surface area contributed by atoms with Crippen molar-refractivity contribution in [2.75, 3.05) is 0 Å². The second-order valence-electron chi connectivity index (χ2n) is 3.64. The largest absolute Gasteiger partial charge is 0.524 e. The molecule has 0 aliphatic carbocycles. The number of phosphoric ester groups is 1. The molecule has 4 nitrogen and oxygen atoms in total. The molecule has 0 amide bonds. The van der Waals surface area contributed by atoms with Crippen LogP contribution < -0.4 is 0 Å². The van der Waals surface area contributed by atoms with E-state index in [0.29, 0.717) is 0 Å². The topological polar surface area (TPSA) is 66.8 Å². The van der Waals surface area contributed by atoms with E-state index in [1.54, 1.807) is 6.08 Å². The predicted octanol–water partition coefficient (Wildman–Crippen LogP) is 2.99. The quantitative estimate of drug-likeness (QED) is 0.421. The standard InChI is InChI=1S/C10H19O4P/c1-4-10(3,5-2)8-6-7-9-14-15(11,12)13/h6-9H,4-5H2,1-3H3,(H2,11,12,13). The molecule has 15 heavy (non-hydrogen) atoms. The highest BCUT2D eigenvalue weighted by Crippen LogP contribution is 2.35. The van der Waals surface area contributed by atoms with Crippen LogP contribution >= 0.6 is 7.82 Å². The molecule has 0 aromatic carbocycles. The Hall–Kier alpha value is -0.570. The molecular weight excluding hydrogens is 215 g/mol. The van der Waals surface area contributed by atoms with Gasteiger partial charge < -0.3 is 4.52 Å². The third-order valence-electron chi connectivity index (χ3n) is 2.50. The Morgan fingerprint density at radius 2 is 1.80 bits per heavy atom. The molecule has 0 atom stereocenters. The third-order valence-corrected chi connectivity index (χ3v) is 2.90. The van der Waals surface area contributed by atoms with Gasteiger partial charge in [0.05, 0.1) is 6.26 Å². The van der Waals surface area contributed by atoms with Gasteiger partial charge in [0.2, 0.25) is 0 Å². The SMILES string of the molecule is CCC(C)(C=CC=COP(=O)(O)O)CC. The van der Waals surface area contributed by atoms with Crippen molar-refractivity contribution in [1.29, 1.82) is 0 Å². The molecule has 0 radical (unpaired) electrons. The smallest absolute Gasteiger partial charge is 0.412 e. The van der Waals surface area contributed by atoms with Gasteiger partial charge in [0, 0.05) is 0 Å². The van der Waals surface area contributed by atoms with Crippen LogP contribution in [0.15, 0.2) is 24.5 Å². The summed E-state index contributed by atoms with van der Waals surface area (Å²) >= 11 is 0. The lowest BCUT2D eigenvalue weighted by atomic mass is 9.84. The maximum atomic E-state index is 10.3. The molecule has 0 aromatic rings. The summed E-state index contributed by atoms with van der Waals surface area (Å²) in [6, 6.07) is 0. The Kier molecular flexibility index (Phi) is 5.88. The van der Waals surface area contributed by atoms with Gasteiger partial charge >= 0.3 is 7.82 Å². The number of phosphoric acid groups is 1. The fourth-order valence-corrected chi connectivity index (χ4v) is 1.16. The van der Waals surface area contributed by atoms with Gasteiger partial charge in [-0.3, -0.25) is 9.79 Å². The van der Waals surface area contributed by atoms with Crippen LogP contribution in [0.5, 0.6) is 0 Å². The van der Waals surface area contributed by atoms with Crippen LogP contribution in [-0.4, -0.2) is 9.79 Å². The lowest BCUT2D eigenvalue weighted by molar-refractivity contribution is 0.258. The van der Waals surface area contributed by atoms with Crippen LogP contribution in [0.2, 0.25) is 0 Å². The van der Waals surface area contributed by atoms with E-state index in [2.05, 4.69) is 25.3 Å². The van der Waals surface area contributed by atoms with E-state index >= 15 is 0 Å². The molecule has 2 N–H and O–H groups in total. The normalized spacial score (nSPS) is 13.9. The van der Waals surface area contributed by atoms with E-state index in [1.165, 1.54) is 6.08 Å². The lowest BCUT2D eigenvalue weighted by Gasteiger charge is -2.21. The second kappa shape index (κ2) is 6.11. The molecule has 0 fully saturated rings. The van der Waals surface area contributed by atoms with Gasteiger partial charge in [-0.1, -0.05) is 32.9 Å². The van der Waals surface area contributed by atoms with Gasteiger partial charge in [-0.15, -0.1) is 0 Å². The molecule has 0 bridgehead atoms. The Labute approximate surface area is 90.9 Å². The Morgan fingerprint density at radius 1 is 1.27 bits per heavy atom. The molecule has 0 aliphatic heterocycles. The highest BCUT2D eigenvalue weighted by molar-refractivity contribution is 7.46. The van der Waals surface area contributed by atoms with Crippen LogP contribution in [0.1, 0.15) is 33.6 Å². The molecule has 0 aliphatic rings. The number of hydrogen-bond acceptors (Lipinski definition) is 2. The van der Waals surface area contributed by atoms with Gasteiger partial charge in [-0.25, -0.2) is 4.57 Å². The van der Waals surface area contributed by atoms with Crippen molar-refractivity contribution >= 4 is 7.82 Å². The van der Waals surface area contributed by atoms with Crippen LogP contribution in [0.25, 0.3) is 0 Å². The number of rotatable bonds is 6. The molecular formula is C10H19O4P. The van der Waals surface area contributed by atoms with Crippen LogP contribution in [0.4, 0.5) is 0 Å². The molecule has 0 unspecified atom stereocenters. The Bertz CT molecular complexity index is 273. The van der Waals surface area contributed by atoms with E-state index in [-0.39, 0.29) is 5.41 Å². The van der Waals surface area contributed by atoms with Crippen LogP contribution in [-0.2, 0) is 9.09 Å². The molecule has 0 rings (SSSR count). The summed E-state index contributed by atoms with van der Waals surface area (Å²) < 4.78 is 14.4. The first-order chi connectivity index (χ1) is 6.83. The highest BCUT2D eigenvalue weighted by atomic mass is 31.2. The first kappa shape index (κ1) is 14.4. The van der Waals surface area contributed by atoms with E-state index in [4.69, 9.17) is 9.79 Å². The molecule has 0 spiro atoms. The van der Waals surface area contributed by atoms with Crippen LogP contribution in [0.3, 0.4) is 0 Å². The molecule has 5 heteroatoms. The predicted molar refractivity (Wildman–Crippen MR) is 60.1 cm³/mol. The van der Waals surface area contributed by atoms with E-state index in [1.807, 2.05) is 6.08 Å². The fraction of sp³-hybridized carbons (Fsp3) is 0.600. The lowest BCUT2D eigenvalue weighted by Crippen LogP contribution is -2.08. The summed E-state index contributed by atoms with van der Waals surface area (Å²) in [7, 11) is -4.38. The van der Waals surface area contributed by atoms with Crippen molar-refractivity contribution in [2.45, 2.75) is 33.6 Å². The van der Waals surface area contributed by atoms with E-state index < -0.39 is 7.82 Å². The Balaban J connectivity index is 4.15. The summed E-state index contributed by atoms with van der Waals surface area (Å²) in [6.45, 7) is 6.33. The zero-order chi connectivity index (χ0) is 11.9. The monoisotopic (exact) mass is 234 g/mol. The highest BCUT2D eigenvalue weighted by Gasteiger charge is 2.14. The van der Waals surface area contributed by atoms with Gasteiger partial charge in [0.25, 0.3) is 0 Å². The average Bonchev–Trinajstić information content (AvgIpc) is 2.15. The number of hydrogen-bond donors (Lipinski definition) is 2. The van der Waals surface area contributed by atoms with Gasteiger partial charge in [0.1, 0.15) is 0 Å². The van der Waals surface area contributed by atoms with Crippen molar-refractivity contribution < 1.29 is 18.9 Å². The summed E-state index contributed by atoms with van der Waals surface area (Å²) in [5, 5.41) is 0. The van der Waals surface area contributed by atoms with E-state index in [9.17, 15) is 4.57 Å². The fourth-order valence-electron chi connectivity index (χ4n) is 0.933. The minimum atomic E-state index is -4.38. The molecule has 88 valence electrons. The van der Waals surface area contributed by atoms with Crippen LogP contribution in [0, 0.1) is 5.41 Å². The Morgan fingerprint density at radius 3 is 2.20 bits per heavy atom. The second-order valence-corrected chi connectivity index (χ2v) is 4.84. The minimum absolute atomic E-state index is 0.131. The maximum absolute atomic E-state index is 10.3. The van der Waals surface area contributed by atoms with Crippen molar-refractivity contribution in [2.24, 2.45) is 5.41 Å². The first-order valence-corrected chi connectivity index (χ1v) is 6.44. The number of allylic oxidation sites excluding steroid dienone is 3. The van der Waals surface area contributed by atoms with Crippen molar-refractivity contribution in [3.63, 3.8) is 0 Å². The third kappa shape index (κ3) is 7.37. The molecule has 0 saturated heterocycles. The molecule has 0 heterocycles. The van der Waals surface area contributed by atoms with Crippen molar-refractivity contribution in [3.05, 3.63) is 24.5 Å². The maximum Gasteiger partial charge on any atom is 0.524 e. The van der Waals surface area contributed by atoms with E-state index in [0.717, 1.165) is 19.1 Å². The van der Waals surface area contributed by atoms with Gasteiger partial charge in [-0.05, 0) is 24.3 Å². The summed E-state index contributed by atoms with van der Waals surface area (Å²) in [5.74, 6) is 0. The van der Waals surface area contributed by atoms with Gasteiger partial charge in [-0.2, -0.15) is 0 Å². The minimum Gasteiger partial charge on any atom is -0.412 e. The molecule has 0 saturated carbocycles. The summed E-state index contributed by atoms with van der Waals surface area (Å²) in [4.78, 5) is 16.8. The van der Waals surface area contributed by atoms with Crippen molar-refractivity contribution in [1.82, 2.24) is 0 Å². The summed E-state index contributed by atoms with van der Waals surface area (Å²) in [6.07, 6.45) is 8.27. The zero-order valence-electron chi connectivity index (χ0n) is 9.38. The van der Waals surface area contributed by atoms with Crippen molar-refractivity contribution in [3.8, 4) is 0 Å². The zero-order valence-corrected chi connectivity index (χ0v) is 10.3. The van der Waals surface area contributed by atoms with Gasteiger partial charge in [0.15, 0.2) is 0 Å². The molecule has 0 aromatic heterocycles. The average molecular weight is 234 g/mol.